The van der Waals surface area contributed by atoms with E-state index in [0.717, 1.165) is 32.2 Å². The highest BCUT2D eigenvalue weighted by Gasteiger charge is 2.39. The molecule has 3 heterocycles. The molecule has 0 bridgehead atoms. The van der Waals surface area contributed by atoms with Gasteiger partial charge in [-0.05, 0) is 37.8 Å². The van der Waals surface area contributed by atoms with E-state index in [4.69, 9.17) is 0 Å². The molecular weight excluding hydrogens is 254 g/mol. The average molecular weight is 273 g/mol. The average Bonchev–Trinajstić information content (AvgIpc) is 2.71. The molecule has 2 saturated heterocycles. The first-order valence-electron chi connectivity index (χ1n) is 7.19. The molecular formula is C15H19N3O2. The van der Waals surface area contributed by atoms with Crippen LogP contribution in [0.5, 0.6) is 0 Å². The number of amides is 2. The number of hydrogen-bond donors (Lipinski definition) is 1. The van der Waals surface area contributed by atoms with E-state index in [2.05, 4.69) is 10.3 Å². The summed E-state index contributed by atoms with van der Waals surface area (Å²) in [6, 6.07) is 3.50. The Kier molecular flexibility index (Phi) is 3.42. The van der Waals surface area contributed by atoms with Gasteiger partial charge < -0.3 is 10.2 Å². The molecule has 2 fully saturated rings. The van der Waals surface area contributed by atoms with Gasteiger partial charge in [0.15, 0.2) is 0 Å². The van der Waals surface area contributed by atoms with Gasteiger partial charge in [0, 0.05) is 43.0 Å². The smallest absolute Gasteiger partial charge is 0.253 e. The van der Waals surface area contributed by atoms with E-state index in [0.29, 0.717) is 18.5 Å². The van der Waals surface area contributed by atoms with Gasteiger partial charge in [0.2, 0.25) is 5.91 Å². The highest BCUT2D eigenvalue weighted by molar-refractivity contribution is 5.94. The highest BCUT2D eigenvalue weighted by atomic mass is 16.2. The van der Waals surface area contributed by atoms with Gasteiger partial charge in [0.25, 0.3) is 5.91 Å². The summed E-state index contributed by atoms with van der Waals surface area (Å²) in [4.78, 5) is 29.7. The molecule has 1 aromatic rings. The number of carbonyl (C=O) groups is 2. The number of nitrogens with one attached hydrogen (secondary N) is 1. The Bertz CT molecular complexity index is 517. The number of likely N-dealkylation sites (tertiary alicyclic amines) is 1. The summed E-state index contributed by atoms with van der Waals surface area (Å²) in [5, 5.41) is 3.12. The summed E-state index contributed by atoms with van der Waals surface area (Å²) in [6.07, 6.45) is 7.58. The third-order valence-corrected chi connectivity index (χ3v) is 4.39. The Hall–Kier alpha value is -1.91. The highest BCUT2D eigenvalue weighted by Crippen LogP contribution is 2.31. The maximum absolute atomic E-state index is 12.4. The molecule has 20 heavy (non-hydrogen) atoms. The van der Waals surface area contributed by atoms with Gasteiger partial charge in [0.05, 0.1) is 0 Å². The van der Waals surface area contributed by atoms with Crippen LogP contribution in [0.1, 0.15) is 42.5 Å². The topological polar surface area (TPSA) is 62.3 Å². The summed E-state index contributed by atoms with van der Waals surface area (Å²) in [5.41, 5.74) is 0.621. The van der Waals surface area contributed by atoms with Crippen molar-refractivity contribution < 1.29 is 9.59 Å². The minimum atomic E-state index is -0.0651. The summed E-state index contributed by atoms with van der Waals surface area (Å²) < 4.78 is 0. The van der Waals surface area contributed by atoms with E-state index < -0.39 is 0 Å². The van der Waals surface area contributed by atoms with E-state index in [1.165, 1.54) is 0 Å². The molecule has 0 unspecified atom stereocenters. The SMILES string of the molecule is O=C1CC[C@]2(CCCN(C(=O)c3ccncc3)CC2)N1. The lowest BCUT2D eigenvalue weighted by Gasteiger charge is -2.27. The molecule has 1 atom stereocenters. The molecule has 2 aliphatic heterocycles. The van der Waals surface area contributed by atoms with Gasteiger partial charge in [-0.15, -0.1) is 0 Å². The van der Waals surface area contributed by atoms with Crippen LogP contribution in [0.2, 0.25) is 0 Å². The monoisotopic (exact) mass is 273 g/mol. The first-order valence-corrected chi connectivity index (χ1v) is 7.19. The molecule has 1 spiro atoms. The van der Waals surface area contributed by atoms with E-state index in [9.17, 15) is 9.59 Å². The Morgan fingerprint density at radius 3 is 2.70 bits per heavy atom. The number of hydrogen-bond acceptors (Lipinski definition) is 3. The first-order chi connectivity index (χ1) is 9.69. The third-order valence-electron chi connectivity index (χ3n) is 4.39. The molecule has 106 valence electrons. The van der Waals surface area contributed by atoms with Crippen molar-refractivity contribution in [2.24, 2.45) is 0 Å². The van der Waals surface area contributed by atoms with Gasteiger partial charge in [-0.2, -0.15) is 0 Å². The van der Waals surface area contributed by atoms with Crippen molar-refractivity contribution in [1.29, 1.82) is 0 Å². The fraction of sp³-hybridized carbons (Fsp3) is 0.533. The number of rotatable bonds is 1. The van der Waals surface area contributed by atoms with E-state index in [1.807, 2.05) is 4.90 Å². The molecule has 0 radical (unpaired) electrons. The Morgan fingerprint density at radius 2 is 2.00 bits per heavy atom. The van der Waals surface area contributed by atoms with Gasteiger partial charge in [-0.1, -0.05) is 0 Å². The van der Waals surface area contributed by atoms with Gasteiger partial charge >= 0.3 is 0 Å². The third kappa shape index (κ3) is 2.53. The maximum atomic E-state index is 12.4. The first kappa shape index (κ1) is 13.1. The largest absolute Gasteiger partial charge is 0.351 e. The van der Waals surface area contributed by atoms with Gasteiger partial charge in [-0.25, -0.2) is 0 Å². The molecule has 3 rings (SSSR count). The zero-order chi connectivity index (χ0) is 14.0. The second-order valence-corrected chi connectivity index (χ2v) is 5.71. The van der Waals surface area contributed by atoms with E-state index in [-0.39, 0.29) is 17.4 Å². The van der Waals surface area contributed by atoms with Gasteiger partial charge in [-0.3, -0.25) is 14.6 Å². The second kappa shape index (κ2) is 5.23. The zero-order valence-corrected chi connectivity index (χ0v) is 11.5. The normalized spacial score (nSPS) is 26.4. The number of carbonyl (C=O) groups excluding carboxylic acids is 2. The van der Waals surface area contributed by atoms with Crippen LogP contribution in [0, 0.1) is 0 Å². The van der Waals surface area contributed by atoms with Crippen molar-refractivity contribution in [2.45, 2.75) is 37.6 Å². The predicted molar refractivity (Wildman–Crippen MR) is 74.1 cm³/mol. The van der Waals surface area contributed by atoms with Crippen LogP contribution in [0.15, 0.2) is 24.5 Å². The van der Waals surface area contributed by atoms with Crippen molar-refractivity contribution in [2.75, 3.05) is 13.1 Å². The molecule has 2 amide bonds. The lowest BCUT2D eigenvalue weighted by Crippen LogP contribution is -2.42. The van der Waals surface area contributed by atoms with Crippen molar-refractivity contribution >= 4 is 11.8 Å². The lowest BCUT2D eigenvalue weighted by molar-refractivity contribution is -0.119. The van der Waals surface area contributed by atoms with Crippen molar-refractivity contribution in [3.8, 4) is 0 Å². The van der Waals surface area contributed by atoms with Crippen LogP contribution in [-0.4, -0.2) is 40.3 Å². The molecule has 0 aliphatic carbocycles. The second-order valence-electron chi connectivity index (χ2n) is 5.71. The molecule has 1 aromatic heterocycles. The van der Waals surface area contributed by atoms with E-state index in [1.54, 1.807) is 24.5 Å². The zero-order valence-electron chi connectivity index (χ0n) is 11.5. The Morgan fingerprint density at radius 1 is 1.20 bits per heavy atom. The number of nitrogens with zero attached hydrogens (tertiary/aromatic N) is 2. The van der Waals surface area contributed by atoms with Crippen molar-refractivity contribution in [3.63, 3.8) is 0 Å². The van der Waals surface area contributed by atoms with Crippen LogP contribution < -0.4 is 5.32 Å². The molecule has 0 aromatic carbocycles. The maximum Gasteiger partial charge on any atom is 0.253 e. The van der Waals surface area contributed by atoms with Crippen LogP contribution in [0.4, 0.5) is 0 Å². The fourth-order valence-corrected chi connectivity index (χ4v) is 3.22. The number of pyridine rings is 1. The van der Waals surface area contributed by atoms with Crippen molar-refractivity contribution in [1.82, 2.24) is 15.2 Å². The Labute approximate surface area is 118 Å². The summed E-state index contributed by atoms with van der Waals surface area (Å²) in [5.74, 6) is 0.215. The summed E-state index contributed by atoms with van der Waals surface area (Å²) in [6.45, 7) is 1.47. The quantitative estimate of drug-likeness (QED) is 0.840. The van der Waals surface area contributed by atoms with Crippen LogP contribution >= 0.6 is 0 Å². The minimum absolute atomic E-state index is 0.0637. The lowest BCUT2D eigenvalue weighted by atomic mass is 9.89. The van der Waals surface area contributed by atoms with Crippen LogP contribution in [-0.2, 0) is 4.79 Å². The minimum Gasteiger partial charge on any atom is -0.351 e. The van der Waals surface area contributed by atoms with Crippen molar-refractivity contribution in [3.05, 3.63) is 30.1 Å². The number of aromatic nitrogens is 1. The summed E-state index contributed by atoms with van der Waals surface area (Å²) >= 11 is 0. The Balaban J connectivity index is 1.69. The molecule has 5 heteroatoms. The van der Waals surface area contributed by atoms with Crippen LogP contribution in [0.3, 0.4) is 0 Å². The van der Waals surface area contributed by atoms with Gasteiger partial charge in [0.1, 0.15) is 0 Å². The van der Waals surface area contributed by atoms with E-state index >= 15 is 0 Å². The molecule has 5 nitrogen and oxygen atoms in total. The standard InChI is InChI=1S/C15H19N3O2/c19-13-2-6-15(17-13)5-1-10-18(11-7-15)14(20)12-3-8-16-9-4-12/h3-4,8-9H,1-2,5-7,10-11H2,(H,17,19)/t15-/m0/s1. The molecule has 0 saturated carbocycles. The summed E-state index contributed by atoms with van der Waals surface area (Å²) in [7, 11) is 0. The molecule has 2 aliphatic rings. The predicted octanol–water partition coefficient (Wildman–Crippen LogP) is 1.36. The fourth-order valence-electron chi connectivity index (χ4n) is 3.22. The molecule has 1 N–H and O–H groups in total. The van der Waals surface area contributed by atoms with Crippen LogP contribution in [0.25, 0.3) is 0 Å².